The summed E-state index contributed by atoms with van der Waals surface area (Å²) in [5, 5.41) is 0.735. The minimum Gasteiger partial charge on any atom is -0.376 e. The van der Waals surface area contributed by atoms with Gasteiger partial charge >= 0.3 is 0 Å². The first-order valence-electron chi connectivity index (χ1n) is 12.0. The monoisotopic (exact) mass is 469 g/mol. The summed E-state index contributed by atoms with van der Waals surface area (Å²) in [5.41, 5.74) is 5.57. The van der Waals surface area contributed by atoms with Gasteiger partial charge in [-0.1, -0.05) is 47.7 Å². The van der Waals surface area contributed by atoms with E-state index >= 15 is 0 Å². The molecule has 0 radical (unpaired) electrons. The largest absolute Gasteiger partial charge is 0.376 e. The maximum Gasteiger partial charge on any atom is 0.260 e. The highest BCUT2D eigenvalue weighted by molar-refractivity contribution is 7.22. The van der Waals surface area contributed by atoms with Gasteiger partial charge in [0, 0.05) is 30.9 Å². The van der Waals surface area contributed by atoms with Gasteiger partial charge in [0.15, 0.2) is 5.13 Å². The van der Waals surface area contributed by atoms with Gasteiger partial charge in [-0.15, -0.1) is 0 Å². The molecule has 5 nitrogen and oxygen atoms in total. The standard InChI is InChI=1S/C28H27N3O2S/c32-27(21-11-13-23(14-12-21)30-16-15-20-6-1-2-7-22(20)18-30)31(19-24-8-5-17-33-24)28-29-25-9-3-4-10-26(25)34-28/h1-4,6-7,9-14,24H,5,8,15-19H2. The highest BCUT2D eigenvalue weighted by Gasteiger charge is 2.27. The normalized spacial score (nSPS) is 17.6. The molecule has 1 atom stereocenters. The van der Waals surface area contributed by atoms with E-state index in [9.17, 15) is 4.79 Å². The Morgan fingerprint density at radius 1 is 1.03 bits per heavy atom. The lowest BCUT2D eigenvalue weighted by Gasteiger charge is -2.31. The van der Waals surface area contributed by atoms with Crippen molar-refractivity contribution >= 4 is 38.3 Å². The molecule has 4 aromatic rings. The first-order chi connectivity index (χ1) is 16.7. The Balaban J connectivity index is 1.25. The number of hydrogen-bond donors (Lipinski definition) is 0. The number of ether oxygens (including phenoxy) is 1. The number of rotatable bonds is 5. The number of fused-ring (bicyclic) bond motifs is 2. The van der Waals surface area contributed by atoms with Crippen LogP contribution in [0.1, 0.15) is 34.3 Å². The smallest absolute Gasteiger partial charge is 0.260 e. The van der Waals surface area contributed by atoms with E-state index in [1.165, 1.54) is 11.1 Å². The second-order valence-corrected chi connectivity index (χ2v) is 10.0. The Bertz CT molecular complexity index is 1280. The van der Waals surface area contributed by atoms with E-state index in [0.717, 1.165) is 60.0 Å². The quantitative estimate of drug-likeness (QED) is 0.377. The lowest BCUT2D eigenvalue weighted by Crippen LogP contribution is -2.37. The highest BCUT2D eigenvalue weighted by Crippen LogP contribution is 2.31. The van der Waals surface area contributed by atoms with Crippen LogP contribution in [0.4, 0.5) is 10.8 Å². The van der Waals surface area contributed by atoms with Crippen LogP contribution < -0.4 is 9.80 Å². The molecule has 1 unspecified atom stereocenters. The molecule has 1 aromatic heterocycles. The average molecular weight is 470 g/mol. The lowest BCUT2D eigenvalue weighted by molar-refractivity contribution is 0.0917. The first-order valence-corrected chi connectivity index (χ1v) is 12.8. The molecule has 34 heavy (non-hydrogen) atoms. The number of thiazole rings is 1. The Morgan fingerprint density at radius 2 is 1.82 bits per heavy atom. The van der Waals surface area contributed by atoms with Crippen molar-refractivity contribution in [1.29, 1.82) is 0 Å². The fourth-order valence-electron chi connectivity index (χ4n) is 4.90. The Hall–Kier alpha value is -3.22. The molecule has 172 valence electrons. The van der Waals surface area contributed by atoms with E-state index in [1.54, 1.807) is 11.3 Å². The third-order valence-electron chi connectivity index (χ3n) is 6.78. The van der Waals surface area contributed by atoms with Gasteiger partial charge in [0.2, 0.25) is 0 Å². The Kier molecular flexibility index (Phi) is 5.77. The maximum absolute atomic E-state index is 13.7. The zero-order valence-corrected chi connectivity index (χ0v) is 19.8. The molecule has 0 aliphatic carbocycles. The molecular weight excluding hydrogens is 442 g/mol. The number of nitrogens with zero attached hydrogens (tertiary/aromatic N) is 3. The summed E-state index contributed by atoms with van der Waals surface area (Å²) in [7, 11) is 0. The molecule has 6 rings (SSSR count). The highest BCUT2D eigenvalue weighted by atomic mass is 32.1. The number of aromatic nitrogens is 1. The predicted molar refractivity (Wildman–Crippen MR) is 138 cm³/mol. The summed E-state index contributed by atoms with van der Waals surface area (Å²) in [6.45, 7) is 3.19. The van der Waals surface area contributed by atoms with Crippen LogP contribution in [0.3, 0.4) is 0 Å². The Labute approximate surface area is 203 Å². The SMILES string of the molecule is O=C(c1ccc(N2CCc3ccccc3C2)cc1)N(CC1CCCO1)c1nc2ccccc2s1. The number of amides is 1. The molecule has 3 aromatic carbocycles. The molecule has 2 aliphatic heterocycles. The van der Waals surface area contributed by atoms with Gasteiger partial charge in [-0.2, -0.15) is 0 Å². The van der Waals surface area contributed by atoms with Gasteiger partial charge in [-0.25, -0.2) is 4.98 Å². The van der Waals surface area contributed by atoms with Gasteiger partial charge in [-0.05, 0) is 66.8 Å². The van der Waals surface area contributed by atoms with Crippen LogP contribution in [0.15, 0.2) is 72.8 Å². The topological polar surface area (TPSA) is 45.7 Å². The van der Waals surface area contributed by atoms with Crippen molar-refractivity contribution in [3.05, 3.63) is 89.5 Å². The number of anilines is 2. The number of benzene rings is 3. The van der Waals surface area contributed by atoms with Crippen molar-refractivity contribution in [3.8, 4) is 0 Å². The summed E-state index contributed by atoms with van der Waals surface area (Å²) in [5.74, 6) is -0.0231. The van der Waals surface area contributed by atoms with Crippen molar-refractivity contribution in [2.24, 2.45) is 0 Å². The molecule has 2 aliphatic rings. The molecule has 0 bridgehead atoms. The molecule has 3 heterocycles. The van der Waals surface area contributed by atoms with Crippen LogP contribution in [0.25, 0.3) is 10.2 Å². The average Bonchev–Trinajstić information content (AvgIpc) is 3.56. The van der Waals surface area contributed by atoms with Crippen LogP contribution in [0, 0.1) is 0 Å². The number of carbonyl (C=O) groups is 1. The summed E-state index contributed by atoms with van der Waals surface area (Å²) < 4.78 is 6.95. The predicted octanol–water partition coefficient (Wildman–Crippen LogP) is 5.68. The minimum absolute atomic E-state index is 0.0231. The van der Waals surface area contributed by atoms with E-state index in [4.69, 9.17) is 9.72 Å². The summed E-state index contributed by atoms with van der Waals surface area (Å²) >= 11 is 1.56. The van der Waals surface area contributed by atoms with E-state index in [1.807, 2.05) is 35.2 Å². The second-order valence-electron chi connectivity index (χ2n) is 9.00. The molecular formula is C28H27N3O2S. The van der Waals surface area contributed by atoms with Crippen LogP contribution in [0.2, 0.25) is 0 Å². The maximum atomic E-state index is 13.7. The molecule has 1 fully saturated rings. The number of para-hydroxylation sites is 1. The van der Waals surface area contributed by atoms with Crippen molar-refractivity contribution < 1.29 is 9.53 Å². The van der Waals surface area contributed by atoms with E-state index < -0.39 is 0 Å². The van der Waals surface area contributed by atoms with Crippen molar-refractivity contribution in [1.82, 2.24) is 4.98 Å². The van der Waals surface area contributed by atoms with Crippen LogP contribution >= 0.6 is 11.3 Å². The third-order valence-corrected chi connectivity index (χ3v) is 7.84. The van der Waals surface area contributed by atoms with E-state index in [2.05, 4.69) is 47.4 Å². The van der Waals surface area contributed by atoms with E-state index in [-0.39, 0.29) is 12.0 Å². The number of hydrogen-bond acceptors (Lipinski definition) is 5. The molecule has 0 spiro atoms. The Morgan fingerprint density at radius 3 is 2.62 bits per heavy atom. The number of carbonyl (C=O) groups excluding carboxylic acids is 1. The van der Waals surface area contributed by atoms with Crippen molar-refractivity contribution in [2.45, 2.75) is 31.9 Å². The zero-order valence-electron chi connectivity index (χ0n) is 19.0. The minimum atomic E-state index is -0.0231. The van der Waals surface area contributed by atoms with Crippen LogP contribution in [-0.2, 0) is 17.7 Å². The van der Waals surface area contributed by atoms with Gasteiger partial charge in [0.1, 0.15) is 0 Å². The first kappa shape index (κ1) is 21.3. The van der Waals surface area contributed by atoms with Gasteiger partial charge in [-0.3, -0.25) is 9.69 Å². The van der Waals surface area contributed by atoms with Crippen molar-refractivity contribution in [2.75, 3.05) is 29.5 Å². The summed E-state index contributed by atoms with van der Waals surface area (Å²) in [4.78, 5) is 22.7. The van der Waals surface area contributed by atoms with E-state index in [0.29, 0.717) is 12.1 Å². The third kappa shape index (κ3) is 4.19. The fraction of sp³-hybridized carbons (Fsp3) is 0.286. The summed E-state index contributed by atoms with van der Waals surface area (Å²) in [6, 6.07) is 24.7. The fourth-order valence-corrected chi connectivity index (χ4v) is 5.88. The van der Waals surface area contributed by atoms with Gasteiger partial charge < -0.3 is 9.64 Å². The van der Waals surface area contributed by atoms with Crippen LogP contribution in [0.5, 0.6) is 0 Å². The second kappa shape index (κ2) is 9.20. The molecule has 6 heteroatoms. The van der Waals surface area contributed by atoms with Crippen LogP contribution in [-0.4, -0.2) is 36.7 Å². The lowest BCUT2D eigenvalue weighted by atomic mass is 9.99. The molecule has 0 saturated carbocycles. The zero-order chi connectivity index (χ0) is 22.9. The van der Waals surface area contributed by atoms with Gasteiger partial charge in [0.05, 0.1) is 22.9 Å². The molecule has 1 amide bonds. The molecule has 0 N–H and O–H groups in total. The van der Waals surface area contributed by atoms with Gasteiger partial charge in [0.25, 0.3) is 5.91 Å². The summed E-state index contributed by atoms with van der Waals surface area (Å²) in [6.07, 6.45) is 3.12. The van der Waals surface area contributed by atoms with Crippen molar-refractivity contribution in [3.63, 3.8) is 0 Å². The molecule has 1 saturated heterocycles.